The van der Waals surface area contributed by atoms with E-state index >= 15 is 0 Å². The molecule has 2 aromatic heterocycles. The maximum Gasteiger partial charge on any atom is 0.374 e. The Bertz CT molecular complexity index is 791. The molecule has 7 heteroatoms. The number of rotatable bonds is 2. The first-order valence-electron chi connectivity index (χ1n) is 5.39. The second kappa shape index (κ2) is 4.20. The minimum Gasteiger partial charge on any atom is -0.475 e. The van der Waals surface area contributed by atoms with Crippen molar-refractivity contribution >= 4 is 32.8 Å². The lowest BCUT2D eigenvalue weighted by Crippen LogP contribution is -1.91. The van der Waals surface area contributed by atoms with Crippen molar-refractivity contribution in [2.24, 2.45) is 7.05 Å². The maximum absolute atomic E-state index is 10.8. The highest BCUT2D eigenvalue weighted by atomic mass is 79.9. The van der Waals surface area contributed by atoms with Crippen molar-refractivity contribution in [3.05, 3.63) is 34.6 Å². The van der Waals surface area contributed by atoms with Crippen LogP contribution in [0.4, 0.5) is 0 Å². The van der Waals surface area contributed by atoms with Crippen LogP contribution >= 0.6 is 15.9 Å². The molecule has 0 aliphatic carbocycles. The Morgan fingerprint density at radius 3 is 2.89 bits per heavy atom. The summed E-state index contributed by atoms with van der Waals surface area (Å²) in [5.41, 5.74) is 2.23. The highest BCUT2D eigenvalue weighted by Crippen LogP contribution is 2.28. The molecular formula is C12H8BrN3O3. The van der Waals surface area contributed by atoms with Crippen LogP contribution in [0.15, 0.2) is 33.4 Å². The van der Waals surface area contributed by atoms with Gasteiger partial charge in [-0.25, -0.2) is 4.79 Å². The van der Waals surface area contributed by atoms with Gasteiger partial charge in [-0.05, 0) is 28.1 Å². The zero-order valence-electron chi connectivity index (χ0n) is 9.79. The molecule has 0 saturated heterocycles. The summed E-state index contributed by atoms with van der Waals surface area (Å²) in [6.07, 6.45) is 0. The molecule has 1 aromatic carbocycles. The summed E-state index contributed by atoms with van der Waals surface area (Å²) in [4.78, 5) is 10.8. The molecule has 3 aromatic rings. The number of carbonyl (C=O) groups is 1. The van der Waals surface area contributed by atoms with Gasteiger partial charge in [0.1, 0.15) is 10.3 Å². The zero-order chi connectivity index (χ0) is 13.6. The Hall–Kier alpha value is -2.15. The summed E-state index contributed by atoms with van der Waals surface area (Å²) in [6, 6.07) is 7.03. The summed E-state index contributed by atoms with van der Waals surface area (Å²) in [5, 5.41) is 17.7. The Balaban J connectivity index is 2.14. The third-order valence-electron chi connectivity index (χ3n) is 2.82. The Morgan fingerprint density at radius 1 is 1.42 bits per heavy atom. The average molecular weight is 322 g/mol. The number of fused-ring (bicyclic) bond motifs is 1. The van der Waals surface area contributed by atoms with Crippen LogP contribution in [0.25, 0.3) is 22.2 Å². The zero-order valence-corrected chi connectivity index (χ0v) is 11.4. The summed E-state index contributed by atoms with van der Waals surface area (Å²) >= 11 is 3.38. The summed E-state index contributed by atoms with van der Waals surface area (Å²) < 4.78 is 7.23. The Morgan fingerprint density at radius 2 is 2.21 bits per heavy atom. The van der Waals surface area contributed by atoms with E-state index in [1.807, 2.05) is 25.2 Å². The minimum atomic E-state index is -1.14. The van der Waals surface area contributed by atoms with Gasteiger partial charge in [0.2, 0.25) is 5.76 Å². The minimum absolute atomic E-state index is 0.180. The van der Waals surface area contributed by atoms with Gasteiger partial charge < -0.3 is 9.63 Å². The van der Waals surface area contributed by atoms with E-state index in [1.165, 1.54) is 6.07 Å². The van der Waals surface area contributed by atoms with Crippen LogP contribution in [-0.4, -0.2) is 26.0 Å². The Kier molecular flexibility index (Phi) is 2.63. The molecule has 0 amide bonds. The molecule has 0 fully saturated rings. The van der Waals surface area contributed by atoms with Crippen LogP contribution < -0.4 is 0 Å². The average Bonchev–Trinajstić information content (AvgIpc) is 2.96. The second-order valence-corrected chi connectivity index (χ2v) is 4.78. The number of benzene rings is 1. The van der Waals surface area contributed by atoms with E-state index in [9.17, 15) is 4.79 Å². The molecule has 1 N–H and O–H groups in total. The summed E-state index contributed by atoms with van der Waals surface area (Å²) in [6.45, 7) is 0. The van der Waals surface area contributed by atoms with Crippen molar-refractivity contribution in [3.63, 3.8) is 0 Å². The number of hydrogen-bond acceptors (Lipinski definition) is 4. The number of aromatic carboxylic acids is 1. The topological polar surface area (TPSA) is 81.2 Å². The quantitative estimate of drug-likeness (QED) is 0.784. The fourth-order valence-electron chi connectivity index (χ4n) is 1.89. The standard InChI is InChI=1S/C12H8BrN3O3/c1-16-9-3-2-6(4-7(9)11(13)14-16)8-5-10(12(17)18)19-15-8/h2-5H,1H3,(H,17,18). The highest BCUT2D eigenvalue weighted by molar-refractivity contribution is 9.10. The molecule has 6 nitrogen and oxygen atoms in total. The van der Waals surface area contributed by atoms with Gasteiger partial charge in [0.15, 0.2) is 0 Å². The molecule has 2 heterocycles. The van der Waals surface area contributed by atoms with E-state index < -0.39 is 5.97 Å². The van der Waals surface area contributed by atoms with Crippen LogP contribution in [0.3, 0.4) is 0 Å². The van der Waals surface area contributed by atoms with Crippen LogP contribution in [0.1, 0.15) is 10.6 Å². The predicted octanol–water partition coefficient (Wildman–Crippen LogP) is 2.69. The van der Waals surface area contributed by atoms with E-state index in [0.717, 1.165) is 21.1 Å². The number of hydrogen-bond donors (Lipinski definition) is 1. The van der Waals surface area contributed by atoms with Crippen LogP contribution in [-0.2, 0) is 7.05 Å². The van der Waals surface area contributed by atoms with Crippen LogP contribution in [0, 0.1) is 0 Å². The van der Waals surface area contributed by atoms with E-state index in [-0.39, 0.29) is 5.76 Å². The van der Waals surface area contributed by atoms with Gasteiger partial charge in [-0.15, -0.1) is 0 Å². The smallest absolute Gasteiger partial charge is 0.374 e. The first kappa shape index (κ1) is 11.9. The first-order valence-corrected chi connectivity index (χ1v) is 6.18. The molecule has 0 aliphatic heterocycles. The third kappa shape index (κ3) is 1.91. The van der Waals surface area contributed by atoms with Crippen molar-refractivity contribution in [1.82, 2.24) is 14.9 Å². The van der Waals surface area contributed by atoms with Gasteiger partial charge in [-0.3, -0.25) is 4.68 Å². The number of aryl methyl sites for hydroxylation is 1. The van der Waals surface area contributed by atoms with Gasteiger partial charge in [0.05, 0.1) is 5.52 Å². The van der Waals surface area contributed by atoms with E-state index in [2.05, 4.69) is 26.2 Å². The molecule has 0 spiro atoms. The monoisotopic (exact) mass is 321 g/mol. The Labute approximate surface area is 115 Å². The van der Waals surface area contributed by atoms with Gasteiger partial charge in [0.25, 0.3) is 0 Å². The summed E-state index contributed by atoms with van der Waals surface area (Å²) in [7, 11) is 1.85. The van der Waals surface area contributed by atoms with E-state index in [0.29, 0.717) is 5.69 Å². The lowest BCUT2D eigenvalue weighted by Gasteiger charge is -1.97. The van der Waals surface area contributed by atoms with Crippen LogP contribution in [0.5, 0.6) is 0 Å². The molecule has 0 bridgehead atoms. The van der Waals surface area contributed by atoms with Crippen LogP contribution in [0.2, 0.25) is 0 Å². The second-order valence-electron chi connectivity index (χ2n) is 4.03. The molecule has 19 heavy (non-hydrogen) atoms. The van der Waals surface area contributed by atoms with Crippen molar-refractivity contribution in [2.45, 2.75) is 0 Å². The molecule has 96 valence electrons. The van der Waals surface area contributed by atoms with Gasteiger partial charge in [-0.2, -0.15) is 5.10 Å². The van der Waals surface area contributed by atoms with Crippen molar-refractivity contribution in [3.8, 4) is 11.3 Å². The molecule has 0 atom stereocenters. The fraction of sp³-hybridized carbons (Fsp3) is 0.0833. The fourth-order valence-corrected chi connectivity index (χ4v) is 2.45. The molecule has 3 rings (SSSR count). The molecule has 0 aliphatic rings. The van der Waals surface area contributed by atoms with Crippen molar-refractivity contribution < 1.29 is 14.4 Å². The molecule has 0 saturated carbocycles. The molecule has 0 unspecified atom stereocenters. The first-order chi connectivity index (χ1) is 9.06. The number of aromatic nitrogens is 3. The number of carboxylic acids is 1. The van der Waals surface area contributed by atoms with E-state index in [4.69, 9.17) is 9.63 Å². The van der Waals surface area contributed by atoms with Crippen molar-refractivity contribution in [2.75, 3.05) is 0 Å². The molecule has 0 radical (unpaired) electrons. The normalized spacial score (nSPS) is 11.1. The summed E-state index contributed by atoms with van der Waals surface area (Å²) in [5.74, 6) is -1.32. The van der Waals surface area contributed by atoms with Gasteiger partial charge in [-0.1, -0.05) is 11.2 Å². The molecular weight excluding hydrogens is 314 g/mol. The van der Waals surface area contributed by atoms with Gasteiger partial charge in [0, 0.05) is 24.1 Å². The van der Waals surface area contributed by atoms with Crippen molar-refractivity contribution in [1.29, 1.82) is 0 Å². The lowest BCUT2D eigenvalue weighted by molar-refractivity contribution is 0.0652. The van der Waals surface area contributed by atoms with Gasteiger partial charge >= 0.3 is 5.97 Å². The predicted molar refractivity (Wildman–Crippen MR) is 70.9 cm³/mol. The number of halogens is 1. The maximum atomic E-state index is 10.8. The SMILES string of the molecule is Cn1nc(Br)c2cc(-c3cc(C(=O)O)on3)ccc21. The number of nitrogens with zero attached hydrogens (tertiary/aromatic N) is 3. The highest BCUT2D eigenvalue weighted by Gasteiger charge is 2.14. The van der Waals surface area contributed by atoms with E-state index in [1.54, 1.807) is 4.68 Å². The number of carboxylic acid groups (broad SMARTS) is 1. The third-order valence-corrected chi connectivity index (χ3v) is 3.41. The lowest BCUT2D eigenvalue weighted by atomic mass is 10.1. The largest absolute Gasteiger partial charge is 0.475 e.